The fourth-order valence-corrected chi connectivity index (χ4v) is 7.81. The summed E-state index contributed by atoms with van der Waals surface area (Å²) in [6, 6.07) is 11.2. The first kappa shape index (κ1) is 39.4. The lowest BCUT2D eigenvalue weighted by atomic mass is 9.91. The molecule has 9 heteroatoms. The van der Waals surface area contributed by atoms with Crippen molar-refractivity contribution in [1.82, 2.24) is 0 Å². The molecule has 0 heterocycles. The van der Waals surface area contributed by atoms with Crippen LogP contribution >= 0.6 is 0 Å². The van der Waals surface area contributed by atoms with E-state index >= 15 is 0 Å². The molecule has 0 aliphatic rings. The Bertz CT molecular complexity index is 1830. The highest BCUT2D eigenvalue weighted by Crippen LogP contribution is 2.41. The molecule has 2 unspecified atom stereocenters. The number of phenolic OH excluding ortho intramolecular Hbond substituents is 1. The van der Waals surface area contributed by atoms with Crippen LogP contribution in [0, 0.1) is 24.7 Å². The first-order chi connectivity index (χ1) is 22.5. The first-order valence-corrected chi connectivity index (χ1v) is 21.1. The summed E-state index contributed by atoms with van der Waals surface area (Å²) in [7, 11) is -7.42. The van der Waals surface area contributed by atoms with Crippen molar-refractivity contribution in [2.75, 3.05) is 12.5 Å². The quantitative estimate of drug-likeness (QED) is 0.105. The number of rotatable bonds is 18. The van der Waals surface area contributed by atoms with Crippen molar-refractivity contribution in [2.45, 2.75) is 116 Å². The first-order valence-electron chi connectivity index (χ1n) is 17.3. The summed E-state index contributed by atoms with van der Waals surface area (Å²) in [6.07, 6.45) is 16.0. The van der Waals surface area contributed by atoms with Gasteiger partial charge in [-0.15, -0.1) is 10.2 Å². The number of aromatic hydroxyl groups is 1. The standard InChI is InChI=1S/C39H56N2O5S2/c1-27(2)14-11-15-28(3)16-12-17-29(4)18-13-19-30(5)22-24-33-31(6)38(34-20-9-10-21-35(34)39(33)42)41-40-36-25-23-32(47(7,43)44)26-37(36)48(8,45)46/h9-10,20-23,25-29,42H,11-19,24H2,1-8H3/b30-22+,41-40+. The molecule has 1 N–H and O–H groups in total. The third-order valence-corrected chi connectivity index (χ3v) is 11.6. The van der Waals surface area contributed by atoms with Crippen molar-refractivity contribution >= 4 is 41.8 Å². The maximum absolute atomic E-state index is 12.6. The number of hydrogen-bond acceptors (Lipinski definition) is 7. The SMILES string of the molecule is C/C(=C\Cc1c(C)c(/N=N/c2ccc(S(C)(=O)=O)cc2S(C)(=O)=O)c2ccccc2c1O)CCCC(C)CCCC(C)CCCC(C)C. The van der Waals surface area contributed by atoms with E-state index in [-0.39, 0.29) is 21.2 Å². The van der Waals surface area contributed by atoms with Crippen LogP contribution in [0.15, 0.2) is 74.1 Å². The van der Waals surface area contributed by atoms with Crippen molar-refractivity contribution in [1.29, 1.82) is 0 Å². The maximum atomic E-state index is 12.6. The minimum atomic E-state index is -3.80. The monoisotopic (exact) mass is 696 g/mol. The molecule has 0 aromatic heterocycles. The van der Waals surface area contributed by atoms with Crippen LogP contribution in [0.1, 0.15) is 104 Å². The van der Waals surface area contributed by atoms with Crippen LogP contribution in [0.4, 0.5) is 11.4 Å². The molecular weight excluding hydrogens is 641 g/mol. The number of sulfone groups is 2. The van der Waals surface area contributed by atoms with E-state index in [0.717, 1.165) is 54.4 Å². The smallest absolute Gasteiger partial charge is 0.177 e. The van der Waals surface area contributed by atoms with E-state index in [2.05, 4.69) is 50.9 Å². The summed E-state index contributed by atoms with van der Waals surface area (Å²) in [6.45, 7) is 13.4. The Labute approximate surface area is 289 Å². The average molecular weight is 697 g/mol. The van der Waals surface area contributed by atoms with Crippen molar-refractivity contribution in [3.05, 3.63) is 65.2 Å². The van der Waals surface area contributed by atoms with Crippen LogP contribution in [0.3, 0.4) is 0 Å². The molecule has 7 nitrogen and oxygen atoms in total. The fourth-order valence-electron chi connectivity index (χ4n) is 6.25. The highest BCUT2D eigenvalue weighted by atomic mass is 32.2. The van der Waals surface area contributed by atoms with Gasteiger partial charge >= 0.3 is 0 Å². The predicted octanol–water partition coefficient (Wildman–Crippen LogP) is 11.0. The molecule has 48 heavy (non-hydrogen) atoms. The second kappa shape index (κ2) is 17.6. The Kier molecular flexibility index (Phi) is 14.4. The van der Waals surface area contributed by atoms with Gasteiger partial charge in [0.05, 0.1) is 15.5 Å². The van der Waals surface area contributed by atoms with E-state index in [0.29, 0.717) is 28.8 Å². The number of hydrogen-bond donors (Lipinski definition) is 1. The molecule has 0 amide bonds. The Morgan fingerprint density at radius 2 is 1.38 bits per heavy atom. The van der Waals surface area contributed by atoms with Crippen LogP contribution in [-0.4, -0.2) is 34.5 Å². The van der Waals surface area contributed by atoms with Crippen LogP contribution in [0.2, 0.25) is 0 Å². The zero-order valence-electron chi connectivity index (χ0n) is 30.2. The van der Waals surface area contributed by atoms with Crippen LogP contribution < -0.4 is 0 Å². The molecule has 0 saturated carbocycles. The molecule has 0 saturated heterocycles. The Balaban J connectivity index is 1.73. The second-order valence-corrected chi connectivity index (χ2v) is 18.3. The van der Waals surface area contributed by atoms with Crippen molar-refractivity contribution < 1.29 is 21.9 Å². The van der Waals surface area contributed by atoms with Gasteiger partial charge in [-0.1, -0.05) is 109 Å². The third kappa shape index (κ3) is 11.5. The van der Waals surface area contributed by atoms with Gasteiger partial charge < -0.3 is 5.11 Å². The van der Waals surface area contributed by atoms with E-state index in [1.165, 1.54) is 62.7 Å². The summed E-state index contributed by atoms with van der Waals surface area (Å²) < 4.78 is 49.3. The summed E-state index contributed by atoms with van der Waals surface area (Å²) in [5.74, 6) is 2.53. The molecule has 3 aromatic rings. The minimum absolute atomic E-state index is 0.0455. The summed E-state index contributed by atoms with van der Waals surface area (Å²) in [5.41, 5.74) is 3.34. The Hall–Kier alpha value is -3.04. The summed E-state index contributed by atoms with van der Waals surface area (Å²) in [4.78, 5) is -0.320. The Morgan fingerprint density at radius 3 is 1.96 bits per heavy atom. The fraction of sp³-hybridized carbons (Fsp3) is 0.538. The van der Waals surface area contributed by atoms with Crippen LogP contribution in [0.5, 0.6) is 5.75 Å². The van der Waals surface area contributed by atoms with Gasteiger partial charge in [0.15, 0.2) is 19.7 Å². The molecular formula is C39H56N2O5S2. The maximum Gasteiger partial charge on any atom is 0.177 e. The second-order valence-electron chi connectivity index (χ2n) is 14.3. The molecule has 0 radical (unpaired) electrons. The van der Waals surface area contributed by atoms with E-state index in [4.69, 9.17) is 0 Å². The number of nitrogens with zero attached hydrogens (tertiary/aromatic N) is 2. The van der Waals surface area contributed by atoms with Gasteiger partial charge in [-0.3, -0.25) is 0 Å². The number of fused-ring (bicyclic) bond motifs is 1. The summed E-state index contributed by atoms with van der Waals surface area (Å²) in [5, 5.41) is 21.4. The van der Waals surface area contributed by atoms with Gasteiger partial charge in [0.1, 0.15) is 11.4 Å². The van der Waals surface area contributed by atoms with E-state index in [9.17, 15) is 21.9 Å². The predicted molar refractivity (Wildman–Crippen MR) is 199 cm³/mol. The number of phenols is 1. The number of benzene rings is 3. The molecule has 2 atom stereocenters. The molecule has 0 aliphatic carbocycles. The molecule has 264 valence electrons. The lowest BCUT2D eigenvalue weighted by Gasteiger charge is -2.15. The lowest BCUT2D eigenvalue weighted by molar-refractivity contribution is 0.389. The van der Waals surface area contributed by atoms with Crippen molar-refractivity contribution in [2.24, 2.45) is 28.0 Å². The van der Waals surface area contributed by atoms with Gasteiger partial charge in [-0.2, -0.15) is 0 Å². The highest BCUT2D eigenvalue weighted by Gasteiger charge is 2.20. The number of azo groups is 1. The molecule has 0 fully saturated rings. The topological polar surface area (TPSA) is 113 Å². The van der Waals surface area contributed by atoms with Crippen molar-refractivity contribution in [3.63, 3.8) is 0 Å². The normalized spacial score (nSPS) is 14.3. The molecule has 0 bridgehead atoms. The van der Waals surface area contributed by atoms with Gasteiger partial charge in [0.25, 0.3) is 0 Å². The highest BCUT2D eigenvalue weighted by molar-refractivity contribution is 7.91. The third-order valence-electron chi connectivity index (χ3n) is 9.34. The van der Waals surface area contributed by atoms with E-state index in [1.807, 2.05) is 31.2 Å². The largest absolute Gasteiger partial charge is 0.507 e. The van der Waals surface area contributed by atoms with Gasteiger partial charge in [0, 0.05) is 28.8 Å². The molecule has 0 aliphatic heterocycles. The zero-order valence-corrected chi connectivity index (χ0v) is 31.8. The molecule has 0 spiro atoms. The van der Waals surface area contributed by atoms with Gasteiger partial charge in [-0.05, 0) is 74.6 Å². The van der Waals surface area contributed by atoms with Gasteiger partial charge in [0.2, 0.25) is 0 Å². The minimum Gasteiger partial charge on any atom is -0.507 e. The van der Waals surface area contributed by atoms with Crippen LogP contribution in [-0.2, 0) is 26.1 Å². The average Bonchev–Trinajstić information content (AvgIpc) is 2.99. The zero-order chi connectivity index (χ0) is 35.6. The van der Waals surface area contributed by atoms with E-state index < -0.39 is 19.7 Å². The summed E-state index contributed by atoms with van der Waals surface area (Å²) >= 11 is 0. The molecule has 3 rings (SSSR count). The van der Waals surface area contributed by atoms with Crippen molar-refractivity contribution in [3.8, 4) is 5.75 Å². The lowest BCUT2D eigenvalue weighted by Crippen LogP contribution is -2.02. The number of allylic oxidation sites excluding steroid dienone is 2. The molecule has 3 aromatic carbocycles. The van der Waals surface area contributed by atoms with Crippen LogP contribution in [0.25, 0.3) is 10.8 Å². The Morgan fingerprint density at radius 1 is 0.792 bits per heavy atom. The van der Waals surface area contributed by atoms with E-state index in [1.54, 1.807) is 0 Å². The van der Waals surface area contributed by atoms with Gasteiger partial charge in [-0.25, -0.2) is 16.8 Å².